The number of hydrogen-bond acceptors (Lipinski definition) is 3. The van der Waals surface area contributed by atoms with Crippen LogP contribution in [0.3, 0.4) is 0 Å². The number of rotatable bonds is 4. The van der Waals surface area contributed by atoms with Gasteiger partial charge in [0.05, 0.1) is 6.54 Å². The van der Waals surface area contributed by atoms with Crippen LogP contribution in [-0.2, 0) is 19.4 Å². The van der Waals surface area contributed by atoms with Crippen molar-refractivity contribution in [3.05, 3.63) is 46.8 Å². The number of anilines is 1. The first-order valence-corrected chi connectivity index (χ1v) is 8.12. The molecule has 1 aliphatic rings. The predicted molar refractivity (Wildman–Crippen MR) is 89.5 cm³/mol. The highest BCUT2D eigenvalue weighted by Crippen LogP contribution is 2.25. The molecule has 0 saturated heterocycles. The average Bonchev–Trinajstić information content (AvgIpc) is 3.15. The van der Waals surface area contributed by atoms with E-state index in [4.69, 9.17) is 4.52 Å². The highest BCUT2D eigenvalue weighted by Gasteiger charge is 2.15. The normalized spacial score (nSPS) is 13.2. The third-order valence-electron chi connectivity index (χ3n) is 4.24. The van der Waals surface area contributed by atoms with Crippen molar-refractivity contribution >= 4 is 11.7 Å². The second kappa shape index (κ2) is 6.44. The van der Waals surface area contributed by atoms with Crippen molar-refractivity contribution in [2.75, 3.05) is 12.4 Å². The van der Waals surface area contributed by atoms with Gasteiger partial charge in [-0.1, -0.05) is 25.1 Å². The van der Waals surface area contributed by atoms with Gasteiger partial charge in [0.2, 0.25) is 0 Å². The maximum absolute atomic E-state index is 12.3. The minimum Gasteiger partial charge on any atom is -0.361 e. The molecule has 2 aromatic rings. The molecular weight excluding hydrogens is 290 g/mol. The van der Waals surface area contributed by atoms with Crippen LogP contribution in [0.2, 0.25) is 0 Å². The van der Waals surface area contributed by atoms with E-state index in [1.165, 1.54) is 17.5 Å². The Labute approximate surface area is 136 Å². The lowest BCUT2D eigenvalue weighted by Gasteiger charge is -2.17. The maximum Gasteiger partial charge on any atom is 0.321 e. The van der Waals surface area contributed by atoms with Crippen LogP contribution in [0.15, 0.2) is 28.8 Å². The number of amides is 2. The number of fused-ring (bicyclic) bond motifs is 1. The Morgan fingerprint density at radius 2 is 2.09 bits per heavy atom. The molecule has 1 aliphatic carbocycles. The van der Waals surface area contributed by atoms with E-state index in [0.29, 0.717) is 12.5 Å². The zero-order valence-corrected chi connectivity index (χ0v) is 13.9. The lowest BCUT2D eigenvalue weighted by molar-refractivity contribution is 0.219. The van der Waals surface area contributed by atoms with E-state index in [1.807, 2.05) is 12.1 Å². The number of hydrogen-bond donors (Lipinski definition) is 1. The molecule has 0 saturated carbocycles. The van der Waals surface area contributed by atoms with Crippen LogP contribution in [-0.4, -0.2) is 23.1 Å². The van der Waals surface area contributed by atoms with Crippen LogP contribution in [0.25, 0.3) is 0 Å². The number of nitrogens with zero attached hydrogens (tertiary/aromatic N) is 2. The number of aryl methyl sites for hydroxylation is 2. The monoisotopic (exact) mass is 313 g/mol. The molecule has 5 nitrogen and oxygen atoms in total. The van der Waals surface area contributed by atoms with Crippen molar-refractivity contribution in [1.82, 2.24) is 10.1 Å². The third kappa shape index (κ3) is 3.55. The summed E-state index contributed by atoms with van der Waals surface area (Å²) in [5, 5.41) is 6.97. The van der Waals surface area contributed by atoms with Gasteiger partial charge < -0.3 is 14.7 Å². The number of aromatic nitrogens is 1. The Bertz CT molecular complexity index is 706. The van der Waals surface area contributed by atoms with E-state index in [2.05, 4.69) is 36.5 Å². The fraction of sp³-hybridized carbons (Fsp3) is 0.444. The maximum atomic E-state index is 12.3. The van der Waals surface area contributed by atoms with Crippen molar-refractivity contribution in [3.8, 4) is 0 Å². The van der Waals surface area contributed by atoms with Gasteiger partial charge in [-0.2, -0.15) is 0 Å². The van der Waals surface area contributed by atoms with Crippen molar-refractivity contribution < 1.29 is 9.32 Å². The predicted octanol–water partition coefficient (Wildman–Crippen LogP) is 3.95. The van der Waals surface area contributed by atoms with Crippen LogP contribution in [0.4, 0.5) is 10.5 Å². The molecular formula is C18H23N3O2. The minimum absolute atomic E-state index is 0.142. The summed E-state index contributed by atoms with van der Waals surface area (Å²) in [6.45, 7) is 4.52. The van der Waals surface area contributed by atoms with Crippen molar-refractivity contribution in [2.24, 2.45) is 0 Å². The highest BCUT2D eigenvalue weighted by atomic mass is 16.5. The lowest BCUT2D eigenvalue weighted by Crippen LogP contribution is -2.31. The van der Waals surface area contributed by atoms with Gasteiger partial charge in [-0.3, -0.25) is 0 Å². The van der Waals surface area contributed by atoms with Gasteiger partial charge in [0, 0.05) is 24.7 Å². The van der Waals surface area contributed by atoms with Gasteiger partial charge in [0.15, 0.2) is 0 Å². The van der Waals surface area contributed by atoms with Crippen LogP contribution in [0.1, 0.15) is 48.8 Å². The SMILES string of the molecule is CC(C)c1cc(CN(C)C(=O)Nc2ccc3c(c2)CCC3)no1. The molecule has 5 heteroatoms. The van der Waals surface area contributed by atoms with Gasteiger partial charge in [0.1, 0.15) is 11.5 Å². The number of urea groups is 1. The van der Waals surface area contributed by atoms with Crippen molar-refractivity contribution in [2.45, 2.75) is 45.6 Å². The summed E-state index contributed by atoms with van der Waals surface area (Å²) in [4.78, 5) is 13.9. The average molecular weight is 313 g/mol. The molecule has 0 bridgehead atoms. The van der Waals surface area contributed by atoms with Gasteiger partial charge in [-0.25, -0.2) is 4.79 Å². The summed E-state index contributed by atoms with van der Waals surface area (Å²) in [5.41, 5.74) is 4.37. The molecule has 0 radical (unpaired) electrons. The highest BCUT2D eigenvalue weighted by molar-refractivity contribution is 5.89. The Morgan fingerprint density at radius 1 is 1.30 bits per heavy atom. The molecule has 0 atom stereocenters. The first-order valence-electron chi connectivity index (χ1n) is 8.12. The summed E-state index contributed by atoms with van der Waals surface area (Å²) in [7, 11) is 1.76. The summed E-state index contributed by atoms with van der Waals surface area (Å²) >= 11 is 0. The molecule has 3 rings (SSSR count). The van der Waals surface area contributed by atoms with Crippen LogP contribution in [0.5, 0.6) is 0 Å². The van der Waals surface area contributed by atoms with Crippen molar-refractivity contribution in [1.29, 1.82) is 0 Å². The van der Waals surface area contributed by atoms with Crippen LogP contribution in [0, 0.1) is 0 Å². The Hall–Kier alpha value is -2.30. The molecule has 1 aromatic carbocycles. The minimum atomic E-state index is -0.142. The standard InChI is InChI=1S/C18H23N3O2/c1-12(2)17-10-16(20-23-17)11-21(3)18(22)19-15-8-7-13-5-4-6-14(13)9-15/h7-10,12H,4-6,11H2,1-3H3,(H,19,22). The van der Waals surface area contributed by atoms with Gasteiger partial charge in [-0.15, -0.1) is 0 Å². The summed E-state index contributed by atoms with van der Waals surface area (Å²) in [6, 6.07) is 7.94. The number of carbonyl (C=O) groups excluding carboxylic acids is 1. The number of nitrogens with one attached hydrogen (secondary N) is 1. The first kappa shape index (κ1) is 15.6. The summed E-state index contributed by atoms with van der Waals surface area (Å²) in [6.07, 6.45) is 3.45. The molecule has 1 aromatic heterocycles. The summed E-state index contributed by atoms with van der Waals surface area (Å²) < 4.78 is 5.27. The molecule has 0 spiro atoms. The zero-order valence-electron chi connectivity index (χ0n) is 13.9. The molecule has 0 fully saturated rings. The van der Waals surface area contributed by atoms with Gasteiger partial charge in [-0.05, 0) is 42.5 Å². The third-order valence-corrected chi connectivity index (χ3v) is 4.24. The van der Waals surface area contributed by atoms with E-state index in [9.17, 15) is 4.79 Å². The zero-order chi connectivity index (χ0) is 16.4. The smallest absolute Gasteiger partial charge is 0.321 e. The molecule has 23 heavy (non-hydrogen) atoms. The lowest BCUT2D eigenvalue weighted by atomic mass is 10.1. The number of benzene rings is 1. The van der Waals surface area contributed by atoms with E-state index in [-0.39, 0.29) is 6.03 Å². The quantitative estimate of drug-likeness (QED) is 0.929. The molecule has 2 amide bonds. The molecule has 0 aliphatic heterocycles. The Balaban J connectivity index is 1.60. The van der Waals surface area contributed by atoms with E-state index < -0.39 is 0 Å². The second-order valence-electron chi connectivity index (χ2n) is 6.50. The topological polar surface area (TPSA) is 58.4 Å². The van der Waals surface area contributed by atoms with Crippen LogP contribution >= 0.6 is 0 Å². The van der Waals surface area contributed by atoms with E-state index >= 15 is 0 Å². The molecule has 1 heterocycles. The van der Waals surface area contributed by atoms with Gasteiger partial charge in [0.25, 0.3) is 0 Å². The fourth-order valence-electron chi connectivity index (χ4n) is 2.86. The van der Waals surface area contributed by atoms with Crippen LogP contribution < -0.4 is 5.32 Å². The van der Waals surface area contributed by atoms with Crippen molar-refractivity contribution in [3.63, 3.8) is 0 Å². The Kier molecular flexibility index (Phi) is 4.37. The molecule has 1 N–H and O–H groups in total. The van der Waals surface area contributed by atoms with Gasteiger partial charge >= 0.3 is 6.03 Å². The first-order chi connectivity index (χ1) is 11.0. The van der Waals surface area contributed by atoms with E-state index in [0.717, 1.165) is 30.0 Å². The number of carbonyl (C=O) groups is 1. The fourth-order valence-corrected chi connectivity index (χ4v) is 2.86. The second-order valence-corrected chi connectivity index (χ2v) is 6.50. The summed E-state index contributed by atoms with van der Waals surface area (Å²) in [5.74, 6) is 1.13. The van der Waals surface area contributed by atoms with E-state index in [1.54, 1.807) is 11.9 Å². The molecule has 0 unspecified atom stereocenters. The largest absolute Gasteiger partial charge is 0.361 e. The Morgan fingerprint density at radius 3 is 2.83 bits per heavy atom. The molecule has 122 valence electrons.